The van der Waals surface area contributed by atoms with Crippen molar-refractivity contribution in [2.45, 2.75) is 0 Å². The third-order valence-corrected chi connectivity index (χ3v) is 1.55. The van der Waals surface area contributed by atoms with Gasteiger partial charge in [-0.3, -0.25) is 0 Å². The topological polar surface area (TPSA) is 52.0 Å². The van der Waals surface area contributed by atoms with Crippen LogP contribution < -0.4 is 11.5 Å². The number of anilines is 2. The standard InChI is InChI=1S/C6H6ClFN2/c7-5-3(8)1-2-4(9)6(5)10/h1-2H,9-10H2. The third kappa shape index (κ3) is 0.998. The molecule has 0 aromatic heterocycles. The van der Waals surface area contributed by atoms with Gasteiger partial charge in [0.2, 0.25) is 0 Å². The Kier molecular flexibility index (Phi) is 1.68. The second kappa shape index (κ2) is 2.34. The summed E-state index contributed by atoms with van der Waals surface area (Å²) in [5.41, 5.74) is 11.0. The fourth-order valence-corrected chi connectivity index (χ4v) is 0.753. The first-order valence-electron chi connectivity index (χ1n) is 2.62. The molecule has 0 aliphatic carbocycles. The molecule has 0 atom stereocenters. The van der Waals surface area contributed by atoms with Gasteiger partial charge in [0, 0.05) is 0 Å². The fraction of sp³-hybridized carbons (Fsp3) is 0. The Hall–Kier alpha value is -0.960. The van der Waals surface area contributed by atoms with E-state index >= 15 is 0 Å². The molecule has 2 nitrogen and oxygen atoms in total. The van der Waals surface area contributed by atoms with Crippen molar-refractivity contribution in [2.75, 3.05) is 11.5 Å². The molecule has 4 heteroatoms. The summed E-state index contributed by atoms with van der Waals surface area (Å²) in [6.45, 7) is 0. The summed E-state index contributed by atoms with van der Waals surface area (Å²) in [5.74, 6) is -0.548. The average Bonchev–Trinajstić information content (AvgIpc) is 1.93. The number of nitrogens with two attached hydrogens (primary N) is 2. The molecular weight excluding hydrogens is 155 g/mol. The summed E-state index contributed by atoms with van der Waals surface area (Å²) in [6, 6.07) is 2.55. The number of nitrogen functional groups attached to an aromatic ring is 2. The Morgan fingerprint density at radius 1 is 1.30 bits per heavy atom. The second-order valence-corrected chi connectivity index (χ2v) is 2.24. The van der Waals surface area contributed by atoms with Crippen LogP contribution in [0, 0.1) is 5.82 Å². The summed E-state index contributed by atoms with van der Waals surface area (Å²) < 4.78 is 12.5. The molecule has 54 valence electrons. The lowest BCUT2D eigenvalue weighted by atomic mass is 10.3. The summed E-state index contributed by atoms with van der Waals surface area (Å²) in [5, 5.41) is -0.111. The predicted octanol–water partition coefficient (Wildman–Crippen LogP) is 1.64. The van der Waals surface area contributed by atoms with Gasteiger partial charge in [-0.05, 0) is 12.1 Å². The van der Waals surface area contributed by atoms with Crippen LogP contribution in [0.25, 0.3) is 0 Å². The van der Waals surface area contributed by atoms with Crippen molar-refractivity contribution >= 4 is 23.0 Å². The van der Waals surface area contributed by atoms with Crippen molar-refractivity contribution in [3.8, 4) is 0 Å². The molecule has 0 aliphatic heterocycles. The summed E-state index contributed by atoms with van der Waals surface area (Å²) in [7, 11) is 0. The molecule has 0 saturated heterocycles. The SMILES string of the molecule is Nc1ccc(F)c(Cl)c1N. The molecule has 1 aromatic carbocycles. The number of hydrogen-bond donors (Lipinski definition) is 2. The van der Waals surface area contributed by atoms with E-state index in [9.17, 15) is 4.39 Å². The minimum atomic E-state index is -0.548. The fourth-order valence-electron chi connectivity index (χ4n) is 0.581. The molecule has 0 aliphatic rings. The molecule has 1 rings (SSSR count). The zero-order valence-corrected chi connectivity index (χ0v) is 5.82. The van der Waals surface area contributed by atoms with Crippen molar-refractivity contribution in [2.24, 2.45) is 0 Å². The number of benzene rings is 1. The van der Waals surface area contributed by atoms with Crippen molar-refractivity contribution < 1.29 is 4.39 Å². The maximum atomic E-state index is 12.5. The zero-order valence-electron chi connectivity index (χ0n) is 5.07. The lowest BCUT2D eigenvalue weighted by molar-refractivity contribution is 0.629. The van der Waals surface area contributed by atoms with Crippen LogP contribution >= 0.6 is 11.6 Å². The van der Waals surface area contributed by atoms with E-state index in [1.165, 1.54) is 12.1 Å². The molecule has 4 N–H and O–H groups in total. The molecular formula is C6H6ClFN2. The first-order valence-corrected chi connectivity index (χ1v) is 2.99. The molecule has 0 bridgehead atoms. The van der Waals surface area contributed by atoms with Gasteiger partial charge in [0.25, 0.3) is 0 Å². The highest BCUT2D eigenvalue weighted by Gasteiger charge is 2.04. The van der Waals surface area contributed by atoms with Crippen LogP contribution in [0.2, 0.25) is 5.02 Å². The van der Waals surface area contributed by atoms with Gasteiger partial charge < -0.3 is 11.5 Å². The van der Waals surface area contributed by atoms with E-state index in [-0.39, 0.29) is 10.7 Å². The highest BCUT2D eigenvalue weighted by Crippen LogP contribution is 2.26. The molecule has 0 saturated carbocycles. The van der Waals surface area contributed by atoms with Crippen LogP contribution in [-0.2, 0) is 0 Å². The lowest BCUT2D eigenvalue weighted by Crippen LogP contribution is -1.96. The number of hydrogen-bond acceptors (Lipinski definition) is 2. The summed E-state index contributed by atoms with van der Waals surface area (Å²) >= 11 is 5.40. The van der Waals surface area contributed by atoms with Gasteiger partial charge in [-0.1, -0.05) is 11.6 Å². The second-order valence-electron chi connectivity index (χ2n) is 1.86. The molecule has 0 unspecified atom stereocenters. The van der Waals surface area contributed by atoms with E-state index in [1.807, 2.05) is 0 Å². The first kappa shape index (κ1) is 7.15. The van der Waals surface area contributed by atoms with E-state index in [4.69, 9.17) is 23.1 Å². The number of halogens is 2. The Labute approximate surface area is 62.6 Å². The van der Waals surface area contributed by atoms with E-state index in [2.05, 4.69) is 0 Å². The molecule has 0 fully saturated rings. The average molecular weight is 161 g/mol. The molecule has 10 heavy (non-hydrogen) atoms. The molecule has 0 heterocycles. The minimum Gasteiger partial charge on any atom is -0.397 e. The van der Waals surface area contributed by atoms with Gasteiger partial charge in [0.1, 0.15) is 10.8 Å². The van der Waals surface area contributed by atoms with Crippen molar-refractivity contribution in [3.63, 3.8) is 0 Å². The Morgan fingerprint density at radius 3 is 2.40 bits per heavy atom. The predicted molar refractivity (Wildman–Crippen MR) is 40.2 cm³/mol. The van der Waals surface area contributed by atoms with Gasteiger partial charge >= 0.3 is 0 Å². The van der Waals surface area contributed by atoms with Crippen LogP contribution in [-0.4, -0.2) is 0 Å². The van der Waals surface area contributed by atoms with Crippen molar-refractivity contribution in [1.29, 1.82) is 0 Å². The quantitative estimate of drug-likeness (QED) is 0.567. The number of rotatable bonds is 0. The summed E-state index contributed by atoms with van der Waals surface area (Å²) in [4.78, 5) is 0. The van der Waals surface area contributed by atoms with E-state index in [1.54, 1.807) is 0 Å². The molecule has 0 amide bonds. The van der Waals surface area contributed by atoms with E-state index in [0.717, 1.165) is 0 Å². The highest BCUT2D eigenvalue weighted by atomic mass is 35.5. The lowest BCUT2D eigenvalue weighted by Gasteiger charge is -2.01. The van der Waals surface area contributed by atoms with Crippen molar-refractivity contribution in [1.82, 2.24) is 0 Å². The maximum Gasteiger partial charge on any atom is 0.144 e. The maximum absolute atomic E-state index is 12.5. The van der Waals surface area contributed by atoms with Crippen LogP contribution in [0.5, 0.6) is 0 Å². The summed E-state index contributed by atoms with van der Waals surface area (Å²) in [6.07, 6.45) is 0. The Bertz CT molecular complexity index is 235. The smallest absolute Gasteiger partial charge is 0.144 e. The largest absolute Gasteiger partial charge is 0.397 e. The molecule has 0 radical (unpaired) electrons. The molecule has 1 aromatic rings. The third-order valence-electron chi connectivity index (χ3n) is 1.17. The van der Waals surface area contributed by atoms with Crippen LogP contribution in [0.4, 0.5) is 15.8 Å². The van der Waals surface area contributed by atoms with E-state index in [0.29, 0.717) is 5.69 Å². The monoisotopic (exact) mass is 160 g/mol. The molecule has 0 spiro atoms. The van der Waals surface area contributed by atoms with Crippen molar-refractivity contribution in [3.05, 3.63) is 23.0 Å². The first-order chi connectivity index (χ1) is 4.63. The van der Waals surface area contributed by atoms with Crippen LogP contribution in [0.1, 0.15) is 0 Å². The van der Waals surface area contributed by atoms with Gasteiger partial charge in [0.05, 0.1) is 11.4 Å². The Morgan fingerprint density at radius 2 is 1.90 bits per heavy atom. The van der Waals surface area contributed by atoms with Crippen LogP contribution in [0.15, 0.2) is 12.1 Å². The highest BCUT2D eigenvalue weighted by molar-refractivity contribution is 6.33. The zero-order chi connectivity index (χ0) is 7.72. The van der Waals surface area contributed by atoms with Gasteiger partial charge in [-0.15, -0.1) is 0 Å². The van der Waals surface area contributed by atoms with Gasteiger partial charge in [-0.25, -0.2) is 4.39 Å². The van der Waals surface area contributed by atoms with Gasteiger partial charge in [-0.2, -0.15) is 0 Å². The normalized spacial score (nSPS) is 9.80. The van der Waals surface area contributed by atoms with E-state index < -0.39 is 5.82 Å². The van der Waals surface area contributed by atoms with Gasteiger partial charge in [0.15, 0.2) is 0 Å². The minimum absolute atomic E-state index is 0.0988. The van der Waals surface area contributed by atoms with Crippen LogP contribution in [0.3, 0.4) is 0 Å². The Balaban J connectivity index is 3.34.